The van der Waals surface area contributed by atoms with Gasteiger partial charge >= 0.3 is 0 Å². The van der Waals surface area contributed by atoms with E-state index in [1.54, 1.807) is 18.3 Å². The number of aryl methyl sites for hydroxylation is 2. The first kappa shape index (κ1) is 21.2. The first-order chi connectivity index (χ1) is 14.0. The van der Waals surface area contributed by atoms with Crippen molar-refractivity contribution in [2.24, 2.45) is 5.92 Å². The number of amides is 2. The van der Waals surface area contributed by atoms with Crippen molar-refractivity contribution >= 4 is 34.1 Å². The predicted molar refractivity (Wildman–Crippen MR) is 113 cm³/mol. The Bertz CT molecular complexity index is 850. The van der Waals surface area contributed by atoms with Gasteiger partial charge in [0, 0.05) is 17.6 Å². The second-order valence-corrected chi connectivity index (χ2v) is 8.26. The average molecular weight is 418 g/mol. The minimum absolute atomic E-state index is 0.0964. The molecule has 29 heavy (non-hydrogen) atoms. The second-order valence-electron chi connectivity index (χ2n) is 7.06. The molecule has 1 fully saturated rings. The number of hydrogen-bond donors (Lipinski definition) is 2. The van der Waals surface area contributed by atoms with Crippen molar-refractivity contribution in [3.05, 3.63) is 28.9 Å². The van der Waals surface area contributed by atoms with Crippen molar-refractivity contribution < 1.29 is 14.3 Å². The lowest BCUT2D eigenvalue weighted by atomic mass is 9.97. The third kappa shape index (κ3) is 5.74. The fourth-order valence-corrected chi connectivity index (χ4v) is 4.11. The van der Waals surface area contributed by atoms with E-state index in [9.17, 15) is 9.59 Å². The number of piperidine rings is 1. The van der Waals surface area contributed by atoms with Gasteiger partial charge in [0.2, 0.25) is 11.8 Å². The molecule has 2 aromatic rings. The van der Waals surface area contributed by atoms with E-state index in [-0.39, 0.29) is 24.3 Å². The smallest absolute Gasteiger partial charge is 0.240 e. The van der Waals surface area contributed by atoms with Crippen LogP contribution in [0.15, 0.2) is 18.3 Å². The van der Waals surface area contributed by atoms with Crippen LogP contribution in [0.3, 0.4) is 0 Å². The van der Waals surface area contributed by atoms with Gasteiger partial charge in [-0.25, -0.2) is 9.97 Å². The molecular formula is C20H27N5O3S. The number of pyridine rings is 1. The molecule has 2 N–H and O–H groups in total. The van der Waals surface area contributed by atoms with Crippen molar-refractivity contribution in [3.8, 4) is 5.75 Å². The molecule has 1 atom stereocenters. The fraction of sp³-hybridized carbons (Fsp3) is 0.500. The molecule has 0 spiro atoms. The fourth-order valence-electron chi connectivity index (χ4n) is 3.28. The molecule has 3 heterocycles. The van der Waals surface area contributed by atoms with Crippen LogP contribution in [0, 0.1) is 19.8 Å². The summed E-state index contributed by atoms with van der Waals surface area (Å²) in [5.74, 6) is 0.592. The number of nitrogens with zero attached hydrogens (tertiary/aromatic N) is 3. The Kier molecular flexibility index (Phi) is 7.16. The van der Waals surface area contributed by atoms with E-state index in [1.165, 1.54) is 11.3 Å². The van der Waals surface area contributed by atoms with E-state index < -0.39 is 0 Å². The molecule has 8 nitrogen and oxygen atoms in total. The molecule has 2 amide bonds. The van der Waals surface area contributed by atoms with Crippen molar-refractivity contribution in [1.82, 2.24) is 14.9 Å². The van der Waals surface area contributed by atoms with Crippen LogP contribution in [-0.4, -0.2) is 52.9 Å². The molecule has 1 saturated heterocycles. The topological polar surface area (TPSA) is 96.5 Å². The number of anilines is 2. The SMILES string of the molecule is CCOc1cccnc1NC(=O)C1CCCN(CC(=O)Nc2nc(C)c(C)s2)C1. The molecule has 0 radical (unpaired) electrons. The number of thiazole rings is 1. The molecule has 0 bridgehead atoms. The summed E-state index contributed by atoms with van der Waals surface area (Å²) in [6.45, 7) is 7.86. The predicted octanol–water partition coefficient (Wildman–Crippen LogP) is 2.84. The summed E-state index contributed by atoms with van der Waals surface area (Å²) in [4.78, 5) is 36.8. The van der Waals surface area contributed by atoms with Gasteiger partial charge in [-0.2, -0.15) is 0 Å². The van der Waals surface area contributed by atoms with Gasteiger partial charge in [-0.1, -0.05) is 0 Å². The Hall–Kier alpha value is -2.52. The van der Waals surface area contributed by atoms with Crippen molar-refractivity contribution in [3.63, 3.8) is 0 Å². The van der Waals surface area contributed by atoms with Gasteiger partial charge in [0.05, 0.1) is 24.8 Å². The number of ether oxygens (including phenoxy) is 1. The third-order valence-corrected chi connectivity index (χ3v) is 5.82. The van der Waals surface area contributed by atoms with Gasteiger partial charge in [-0.3, -0.25) is 14.5 Å². The molecule has 3 rings (SSSR count). The van der Waals surface area contributed by atoms with Gasteiger partial charge in [-0.05, 0) is 52.3 Å². The summed E-state index contributed by atoms with van der Waals surface area (Å²) in [5, 5.41) is 6.35. The monoisotopic (exact) mass is 417 g/mol. The average Bonchev–Trinajstić information content (AvgIpc) is 3.00. The molecular weight excluding hydrogens is 390 g/mol. The standard InChI is InChI=1S/C20H27N5O3S/c1-4-28-16-8-5-9-21-18(16)24-19(27)15-7-6-10-25(11-15)12-17(26)23-20-22-13(2)14(3)29-20/h5,8-9,15H,4,6-7,10-12H2,1-3H3,(H,21,24,27)(H,22,23,26). The minimum atomic E-state index is -0.197. The molecule has 0 saturated carbocycles. The summed E-state index contributed by atoms with van der Waals surface area (Å²) in [5.41, 5.74) is 0.931. The second kappa shape index (κ2) is 9.80. The van der Waals surface area contributed by atoms with Crippen LogP contribution < -0.4 is 15.4 Å². The molecule has 1 aliphatic rings. The summed E-state index contributed by atoms with van der Waals surface area (Å²) >= 11 is 1.47. The number of nitrogens with one attached hydrogen (secondary N) is 2. The number of carbonyl (C=O) groups excluding carboxylic acids is 2. The molecule has 9 heteroatoms. The van der Waals surface area contributed by atoms with Crippen LogP contribution in [0.5, 0.6) is 5.75 Å². The highest BCUT2D eigenvalue weighted by Gasteiger charge is 2.27. The number of rotatable bonds is 7. The van der Waals surface area contributed by atoms with E-state index >= 15 is 0 Å². The van der Waals surface area contributed by atoms with Crippen LogP contribution in [0.25, 0.3) is 0 Å². The van der Waals surface area contributed by atoms with Gasteiger partial charge in [0.1, 0.15) is 0 Å². The van der Waals surface area contributed by atoms with E-state index in [0.29, 0.717) is 29.9 Å². The molecule has 0 aromatic carbocycles. The van der Waals surface area contributed by atoms with Crippen molar-refractivity contribution in [1.29, 1.82) is 0 Å². The molecule has 1 aliphatic heterocycles. The zero-order valence-electron chi connectivity index (χ0n) is 17.0. The molecule has 0 aliphatic carbocycles. The highest BCUT2D eigenvalue weighted by atomic mass is 32.1. The van der Waals surface area contributed by atoms with Crippen LogP contribution in [-0.2, 0) is 9.59 Å². The molecule has 1 unspecified atom stereocenters. The number of carbonyl (C=O) groups is 2. The number of aromatic nitrogens is 2. The zero-order chi connectivity index (χ0) is 20.8. The Morgan fingerprint density at radius 2 is 2.17 bits per heavy atom. The van der Waals surface area contributed by atoms with Gasteiger partial charge in [-0.15, -0.1) is 11.3 Å². The third-order valence-electron chi connectivity index (χ3n) is 4.83. The van der Waals surface area contributed by atoms with Gasteiger partial charge in [0.25, 0.3) is 0 Å². The normalized spacial score (nSPS) is 17.0. The van der Waals surface area contributed by atoms with E-state index in [1.807, 2.05) is 25.7 Å². The summed E-state index contributed by atoms with van der Waals surface area (Å²) in [6, 6.07) is 3.55. The summed E-state index contributed by atoms with van der Waals surface area (Å²) in [6.07, 6.45) is 3.27. The Morgan fingerprint density at radius 3 is 2.90 bits per heavy atom. The number of hydrogen-bond acceptors (Lipinski definition) is 7. The maximum Gasteiger partial charge on any atom is 0.240 e. The maximum absolute atomic E-state index is 12.7. The van der Waals surface area contributed by atoms with Crippen molar-refractivity contribution in [2.45, 2.75) is 33.6 Å². The summed E-state index contributed by atoms with van der Waals surface area (Å²) in [7, 11) is 0. The Balaban J connectivity index is 1.54. The minimum Gasteiger partial charge on any atom is -0.490 e. The molecule has 2 aromatic heterocycles. The molecule has 156 valence electrons. The highest BCUT2D eigenvalue weighted by molar-refractivity contribution is 7.15. The number of likely N-dealkylation sites (tertiary alicyclic amines) is 1. The Labute approximate surface area is 174 Å². The van der Waals surface area contributed by atoms with Crippen LogP contribution in [0.1, 0.15) is 30.3 Å². The lowest BCUT2D eigenvalue weighted by molar-refractivity contribution is -0.123. The van der Waals surface area contributed by atoms with Crippen LogP contribution in [0.4, 0.5) is 10.9 Å². The lowest BCUT2D eigenvalue weighted by Gasteiger charge is -2.31. The largest absolute Gasteiger partial charge is 0.490 e. The van der Waals surface area contributed by atoms with Crippen LogP contribution >= 0.6 is 11.3 Å². The summed E-state index contributed by atoms with van der Waals surface area (Å²) < 4.78 is 5.52. The van der Waals surface area contributed by atoms with E-state index in [4.69, 9.17) is 4.74 Å². The van der Waals surface area contributed by atoms with E-state index in [0.717, 1.165) is 30.0 Å². The van der Waals surface area contributed by atoms with Crippen LogP contribution in [0.2, 0.25) is 0 Å². The first-order valence-corrected chi connectivity index (χ1v) is 10.6. The highest BCUT2D eigenvalue weighted by Crippen LogP contribution is 2.24. The quantitative estimate of drug-likeness (QED) is 0.719. The lowest BCUT2D eigenvalue weighted by Crippen LogP contribution is -2.44. The van der Waals surface area contributed by atoms with Crippen molar-refractivity contribution in [2.75, 3.05) is 36.9 Å². The van der Waals surface area contributed by atoms with E-state index in [2.05, 4.69) is 20.6 Å². The van der Waals surface area contributed by atoms with Gasteiger partial charge in [0.15, 0.2) is 16.7 Å². The Morgan fingerprint density at radius 1 is 1.34 bits per heavy atom. The first-order valence-electron chi connectivity index (χ1n) is 9.81. The zero-order valence-corrected chi connectivity index (χ0v) is 17.8. The van der Waals surface area contributed by atoms with Gasteiger partial charge < -0.3 is 15.4 Å². The maximum atomic E-state index is 12.7.